The third-order valence-corrected chi connectivity index (χ3v) is 2.76. The average molecular weight is 258 g/mol. The fourth-order valence-corrected chi connectivity index (χ4v) is 1.75. The third-order valence-electron chi connectivity index (χ3n) is 2.76. The minimum atomic E-state index is -0.418. The molecule has 2 rings (SSSR count). The molecule has 0 saturated carbocycles. The number of nitrogens with one attached hydrogen (secondary N) is 1. The second-order valence-corrected chi connectivity index (χ2v) is 4.20. The predicted octanol–water partition coefficient (Wildman–Crippen LogP) is 2.08. The fourth-order valence-electron chi connectivity index (χ4n) is 1.75. The SMILES string of the molecule is CNCc1cnc(-c2cc([N+](=O)[O-])ccc2C)nc1. The molecule has 0 unspecified atom stereocenters. The van der Waals surface area contributed by atoms with Crippen LogP contribution in [0.4, 0.5) is 5.69 Å². The van der Waals surface area contributed by atoms with Crippen LogP contribution in [-0.2, 0) is 6.54 Å². The Balaban J connectivity index is 2.40. The molecular formula is C13H14N4O2. The van der Waals surface area contributed by atoms with Gasteiger partial charge in [0.15, 0.2) is 5.82 Å². The van der Waals surface area contributed by atoms with E-state index in [4.69, 9.17) is 0 Å². The lowest BCUT2D eigenvalue weighted by atomic mass is 10.1. The van der Waals surface area contributed by atoms with Crippen LogP contribution < -0.4 is 5.32 Å². The number of non-ortho nitro benzene ring substituents is 1. The lowest BCUT2D eigenvalue weighted by Crippen LogP contribution is -2.06. The normalized spacial score (nSPS) is 10.4. The smallest absolute Gasteiger partial charge is 0.270 e. The van der Waals surface area contributed by atoms with Gasteiger partial charge in [0, 0.05) is 42.2 Å². The van der Waals surface area contributed by atoms with Crippen molar-refractivity contribution in [1.82, 2.24) is 15.3 Å². The molecule has 0 bridgehead atoms. The van der Waals surface area contributed by atoms with Gasteiger partial charge in [-0.2, -0.15) is 0 Å². The second kappa shape index (κ2) is 5.53. The molecule has 0 aliphatic carbocycles. The maximum Gasteiger partial charge on any atom is 0.270 e. The van der Waals surface area contributed by atoms with E-state index in [1.165, 1.54) is 12.1 Å². The van der Waals surface area contributed by atoms with Crippen LogP contribution >= 0.6 is 0 Å². The van der Waals surface area contributed by atoms with Crippen molar-refractivity contribution in [2.45, 2.75) is 13.5 Å². The van der Waals surface area contributed by atoms with Crippen molar-refractivity contribution >= 4 is 5.69 Å². The summed E-state index contributed by atoms with van der Waals surface area (Å²) >= 11 is 0. The van der Waals surface area contributed by atoms with E-state index in [-0.39, 0.29) is 5.69 Å². The van der Waals surface area contributed by atoms with E-state index >= 15 is 0 Å². The van der Waals surface area contributed by atoms with Crippen molar-refractivity contribution < 1.29 is 4.92 Å². The van der Waals surface area contributed by atoms with Crippen LogP contribution in [0.2, 0.25) is 0 Å². The number of nitro benzene ring substituents is 1. The third kappa shape index (κ3) is 2.92. The largest absolute Gasteiger partial charge is 0.316 e. The van der Waals surface area contributed by atoms with Gasteiger partial charge in [0.2, 0.25) is 0 Å². The zero-order chi connectivity index (χ0) is 13.8. The number of hydrogen-bond donors (Lipinski definition) is 1. The summed E-state index contributed by atoms with van der Waals surface area (Å²) in [6, 6.07) is 4.69. The lowest BCUT2D eigenvalue weighted by Gasteiger charge is -2.05. The van der Waals surface area contributed by atoms with Crippen molar-refractivity contribution in [3.8, 4) is 11.4 Å². The number of aryl methyl sites for hydroxylation is 1. The molecule has 1 aromatic carbocycles. The molecule has 1 N–H and O–H groups in total. The molecule has 1 heterocycles. The van der Waals surface area contributed by atoms with Crippen LogP contribution in [0.5, 0.6) is 0 Å². The van der Waals surface area contributed by atoms with E-state index in [0.29, 0.717) is 17.9 Å². The molecular weight excluding hydrogens is 244 g/mol. The molecule has 0 amide bonds. The maximum atomic E-state index is 10.8. The summed E-state index contributed by atoms with van der Waals surface area (Å²) in [6.07, 6.45) is 3.44. The minimum absolute atomic E-state index is 0.0449. The summed E-state index contributed by atoms with van der Waals surface area (Å²) in [5, 5.41) is 13.8. The molecule has 2 aromatic rings. The van der Waals surface area contributed by atoms with Crippen LogP contribution in [0.3, 0.4) is 0 Å². The lowest BCUT2D eigenvalue weighted by molar-refractivity contribution is -0.384. The Labute approximate surface area is 110 Å². The zero-order valence-corrected chi connectivity index (χ0v) is 10.8. The number of hydrogen-bond acceptors (Lipinski definition) is 5. The summed E-state index contributed by atoms with van der Waals surface area (Å²) < 4.78 is 0. The first-order valence-corrected chi connectivity index (χ1v) is 5.82. The first-order chi connectivity index (χ1) is 9.11. The second-order valence-electron chi connectivity index (χ2n) is 4.20. The number of nitrogens with zero attached hydrogens (tertiary/aromatic N) is 3. The van der Waals surface area contributed by atoms with Gasteiger partial charge in [0.25, 0.3) is 5.69 Å². The van der Waals surface area contributed by atoms with Gasteiger partial charge in [-0.05, 0) is 19.5 Å². The van der Waals surface area contributed by atoms with Gasteiger partial charge in [-0.25, -0.2) is 9.97 Å². The number of nitro groups is 1. The maximum absolute atomic E-state index is 10.8. The van der Waals surface area contributed by atoms with Gasteiger partial charge >= 0.3 is 0 Å². The molecule has 19 heavy (non-hydrogen) atoms. The highest BCUT2D eigenvalue weighted by atomic mass is 16.6. The van der Waals surface area contributed by atoms with Crippen molar-refractivity contribution in [2.75, 3.05) is 7.05 Å². The highest BCUT2D eigenvalue weighted by Crippen LogP contribution is 2.24. The number of aromatic nitrogens is 2. The van der Waals surface area contributed by atoms with Crippen LogP contribution in [0, 0.1) is 17.0 Å². The molecule has 6 nitrogen and oxygen atoms in total. The van der Waals surface area contributed by atoms with Gasteiger partial charge < -0.3 is 5.32 Å². The Bertz CT molecular complexity index is 596. The summed E-state index contributed by atoms with van der Waals surface area (Å²) in [5.74, 6) is 0.501. The quantitative estimate of drug-likeness (QED) is 0.670. The van der Waals surface area contributed by atoms with E-state index in [9.17, 15) is 10.1 Å². The van der Waals surface area contributed by atoms with Crippen molar-refractivity contribution in [3.05, 3.63) is 51.8 Å². The topological polar surface area (TPSA) is 81.0 Å². The molecule has 0 aliphatic heterocycles. The Morgan fingerprint density at radius 3 is 2.58 bits per heavy atom. The van der Waals surface area contributed by atoms with Crippen molar-refractivity contribution in [3.63, 3.8) is 0 Å². The highest BCUT2D eigenvalue weighted by Gasteiger charge is 2.11. The molecule has 98 valence electrons. The Morgan fingerprint density at radius 1 is 1.32 bits per heavy atom. The van der Waals surface area contributed by atoms with Crippen LogP contribution in [-0.4, -0.2) is 21.9 Å². The van der Waals surface area contributed by atoms with E-state index < -0.39 is 4.92 Å². The van der Waals surface area contributed by atoms with Crippen LogP contribution in [0.15, 0.2) is 30.6 Å². The molecule has 0 atom stereocenters. The molecule has 0 aliphatic rings. The zero-order valence-electron chi connectivity index (χ0n) is 10.8. The van der Waals surface area contributed by atoms with E-state index in [1.54, 1.807) is 18.5 Å². The van der Waals surface area contributed by atoms with E-state index in [1.807, 2.05) is 14.0 Å². The summed E-state index contributed by atoms with van der Waals surface area (Å²) in [4.78, 5) is 18.9. The van der Waals surface area contributed by atoms with Gasteiger partial charge in [-0.1, -0.05) is 6.07 Å². The number of rotatable bonds is 4. The molecule has 0 fully saturated rings. The first kappa shape index (κ1) is 13.1. The highest BCUT2D eigenvalue weighted by molar-refractivity contribution is 5.63. The Hall–Kier alpha value is -2.34. The van der Waals surface area contributed by atoms with Gasteiger partial charge in [0.05, 0.1) is 4.92 Å². The van der Waals surface area contributed by atoms with Gasteiger partial charge in [-0.15, -0.1) is 0 Å². The van der Waals surface area contributed by atoms with Crippen molar-refractivity contribution in [2.24, 2.45) is 0 Å². The molecule has 0 spiro atoms. The van der Waals surface area contributed by atoms with Gasteiger partial charge in [-0.3, -0.25) is 10.1 Å². The van der Waals surface area contributed by atoms with E-state index in [2.05, 4.69) is 15.3 Å². The predicted molar refractivity (Wildman–Crippen MR) is 71.6 cm³/mol. The standard InChI is InChI=1S/C13H14N4O2/c1-9-3-4-11(17(18)19)5-12(9)13-15-7-10(6-14-2)8-16-13/h3-5,7-8,14H,6H2,1-2H3. The molecule has 6 heteroatoms. The van der Waals surface area contributed by atoms with Crippen LogP contribution in [0.25, 0.3) is 11.4 Å². The fraction of sp³-hybridized carbons (Fsp3) is 0.231. The summed E-state index contributed by atoms with van der Waals surface area (Å²) in [7, 11) is 1.85. The van der Waals surface area contributed by atoms with Crippen LogP contribution in [0.1, 0.15) is 11.1 Å². The monoisotopic (exact) mass is 258 g/mol. The summed E-state index contributed by atoms with van der Waals surface area (Å²) in [5.41, 5.74) is 2.61. The average Bonchev–Trinajstić information content (AvgIpc) is 2.40. The molecule has 0 radical (unpaired) electrons. The Kier molecular flexibility index (Phi) is 3.82. The molecule has 1 aromatic heterocycles. The van der Waals surface area contributed by atoms with Crippen molar-refractivity contribution in [1.29, 1.82) is 0 Å². The molecule has 0 saturated heterocycles. The number of benzene rings is 1. The van der Waals surface area contributed by atoms with Gasteiger partial charge in [0.1, 0.15) is 0 Å². The Morgan fingerprint density at radius 2 is 2.00 bits per heavy atom. The first-order valence-electron chi connectivity index (χ1n) is 5.82. The van der Waals surface area contributed by atoms with E-state index in [0.717, 1.165) is 11.1 Å². The minimum Gasteiger partial charge on any atom is -0.316 e. The summed E-state index contributed by atoms with van der Waals surface area (Å²) in [6.45, 7) is 2.57.